The predicted molar refractivity (Wildman–Crippen MR) is 93.5 cm³/mol. The Morgan fingerprint density at radius 2 is 2.10 bits per heavy atom. The molecule has 20 heavy (non-hydrogen) atoms. The lowest BCUT2D eigenvalue weighted by Crippen LogP contribution is -2.42. The van der Waals surface area contributed by atoms with Crippen molar-refractivity contribution in [2.45, 2.75) is 46.1 Å². The molecule has 0 atom stereocenters. The Labute approximate surface area is 138 Å². The number of rotatable bonds is 5. The van der Waals surface area contributed by atoms with Crippen LogP contribution in [0.25, 0.3) is 0 Å². The van der Waals surface area contributed by atoms with Crippen LogP contribution in [0.5, 0.6) is 0 Å². The van der Waals surface area contributed by atoms with Crippen molar-refractivity contribution in [2.75, 3.05) is 13.1 Å². The molecule has 1 heterocycles. The van der Waals surface area contributed by atoms with Gasteiger partial charge in [-0.1, -0.05) is 19.8 Å². The molecular weight excluding hydrogens is 365 g/mol. The van der Waals surface area contributed by atoms with Gasteiger partial charge in [-0.15, -0.1) is 24.0 Å². The SMILES string of the molecule is CCNC(=NCc1ccoc1)NCC1(C)CCCC1.I. The molecule has 2 rings (SSSR count). The summed E-state index contributed by atoms with van der Waals surface area (Å²) in [6, 6.07) is 1.95. The molecule has 0 saturated heterocycles. The third-order valence-electron chi connectivity index (χ3n) is 3.84. The number of nitrogens with one attached hydrogen (secondary N) is 2. The fourth-order valence-electron chi connectivity index (χ4n) is 2.60. The van der Waals surface area contributed by atoms with Crippen molar-refractivity contribution in [3.05, 3.63) is 24.2 Å². The van der Waals surface area contributed by atoms with E-state index in [0.717, 1.165) is 24.6 Å². The van der Waals surface area contributed by atoms with E-state index in [1.54, 1.807) is 12.5 Å². The zero-order valence-electron chi connectivity index (χ0n) is 12.4. The van der Waals surface area contributed by atoms with Crippen LogP contribution < -0.4 is 10.6 Å². The molecule has 5 heteroatoms. The van der Waals surface area contributed by atoms with Gasteiger partial charge in [0.2, 0.25) is 0 Å². The van der Waals surface area contributed by atoms with E-state index in [1.807, 2.05) is 6.07 Å². The van der Waals surface area contributed by atoms with Crippen molar-refractivity contribution in [3.63, 3.8) is 0 Å². The molecule has 0 spiro atoms. The van der Waals surface area contributed by atoms with Crippen molar-refractivity contribution in [1.82, 2.24) is 10.6 Å². The maximum Gasteiger partial charge on any atom is 0.191 e. The highest BCUT2D eigenvalue weighted by Crippen LogP contribution is 2.36. The van der Waals surface area contributed by atoms with E-state index >= 15 is 0 Å². The minimum absolute atomic E-state index is 0. The highest BCUT2D eigenvalue weighted by molar-refractivity contribution is 14.0. The first-order chi connectivity index (χ1) is 9.22. The van der Waals surface area contributed by atoms with Gasteiger partial charge >= 0.3 is 0 Å². The molecule has 4 nitrogen and oxygen atoms in total. The molecule has 0 radical (unpaired) electrons. The first kappa shape index (κ1) is 17.3. The Morgan fingerprint density at radius 1 is 1.35 bits per heavy atom. The average Bonchev–Trinajstić information content (AvgIpc) is 3.05. The minimum Gasteiger partial charge on any atom is -0.472 e. The highest BCUT2D eigenvalue weighted by atomic mass is 127. The van der Waals surface area contributed by atoms with Crippen LogP contribution >= 0.6 is 24.0 Å². The number of hydrogen-bond acceptors (Lipinski definition) is 2. The van der Waals surface area contributed by atoms with Crippen LogP contribution in [0.1, 0.15) is 45.1 Å². The third-order valence-corrected chi connectivity index (χ3v) is 3.84. The topological polar surface area (TPSA) is 49.6 Å². The Morgan fingerprint density at radius 3 is 2.70 bits per heavy atom. The van der Waals surface area contributed by atoms with Crippen molar-refractivity contribution in [1.29, 1.82) is 0 Å². The summed E-state index contributed by atoms with van der Waals surface area (Å²) in [5.41, 5.74) is 1.54. The summed E-state index contributed by atoms with van der Waals surface area (Å²) < 4.78 is 5.05. The number of hydrogen-bond donors (Lipinski definition) is 2. The molecule has 114 valence electrons. The average molecular weight is 391 g/mol. The predicted octanol–water partition coefficient (Wildman–Crippen LogP) is 3.53. The normalized spacial score (nSPS) is 17.6. The lowest BCUT2D eigenvalue weighted by molar-refractivity contribution is 0.334. The van der Waals surface area contributed by atoms with Crippen LogP contribution in [0.4, 0.5) is 0 Å². The lowest BCUT2D eigenvalue weighted by atomic mass is 9.89. The zero-order valence-corrected chi connectivity index (χ0v) is 14.8. The molecule has 1 aromatic heterocycles. The van der Waals surface area contributed by atoms with Gasteiger partial charge in [0, 0.05) is 18.7 Å². The number of furan rings is 1. The second-order valence-electron chi connectivity index (χ2n) is 5.70. The zero-order chi connectivity index (χ0) is 13.6. The summed E-state index contributed by atoms with van der Waals surface area (Å²) in [5, 5.41) is 6.77. The van der Waals surface area contributed by atoms with Crippen LogP contribution in [0, 0.1) is 5.41 Å². The molecule has 0 bridgehead atoms. The van der Waals surface area contributed by atoms with Crippen molar-refractivity contribution >= 4 is 29.9 Å². The summed E-state index contributed by atoms with van der Waals surface area (Å²) >= 11 is 0. The second kappa shape index (κ2) is 8.54. The van der Waals surface area contributed by atoms with E-state index in [4.69, 9.17) is 4.42 Å². The largest absolute Gasteiger partial charge is 0.472 e. The van der Waals surface area contributed by atoms with Gasteiger partial charge in [-0.25, -0.2) is 4.99 Å². The molecule has 1 aliphatic rings. The molecule has 2 N–H and O–H groups in total. The van der Waals surface area contributed by atoms with Crippen LogP contribution in [0.2, 0.25) is 0 Å². The Kier molecular flexibility index (Phi) is 7.40. The van der Waals surface area contributed by atoms with Gasteiger partial charge in [-0.2, -0.15) is 0 Å². The van der Waals surface area contributed by atoms with E-state index in [2.05, 4.69) is 29.5 Å². The van der Waals surface area contributed by atoms with Gasteiger partial charge in [-0.05, 0) is 31.2 Å². The van der Waals surface area contributed by atoms with E-state index < -0.39 is 0 Å². The summed E-state index contributed by atoms with van der Waals surface area (Å²) in [6.07, 6.45) is 8.79. The summed E-state index contributed by atoms with van der Waals surface area (Å²) in [7, 11) is 0. The first-order valence-corrected chi connectivity index (χ1v) is 7.25. The molecule has 1 aliphatic carbocycles. The van der Waals surface area contributed by atoms with Crippen molar-refractivity contribution in [3.8, 4) is 0 Å². The fraction of sp³-hybridized carbons (Fsp3) is 0.667. The van der Waals surface area contributed by atoms with Gasteiger partial charge in [0.15, 0.2) is 5.96 Å². The van der Waals surface area contributed by atoms with E-state index in [0.29, 0.717) is 12.0 Å². The van der Waals surface area contributed by atoms with E-state index in [9.17, 15) is 0 Å². The molecule has 0 unspecified atom stereocenters. The molecule has 1 fully saturated rings. The van der Waals surface area contributed by atoms with Gasteiger partial charge in [0.1, 0.15) is 0 Å². The van der Waals surface area contributed by atoms with Gasteiger partial charge in [0.05, 0.1) is 19.1 Å². The number of guanidine groups is 1. The Bertz CT molecular complexity index is 397. The van der Waals surface area contributed by atoms with Crippen LogP contribution in [-0.4, -0.2) is 19.0 Å². The Balaban J connectivity index is 0.00000200. The molecule has 0 aromatic carbocycles. The van der Waals surface area contributed by atoms with Crippen LogP contribution in [0.3, 0.4) is 0 Å². The number of halogens is 1. The van der Waals surface area contributed by atoms with Crippen LogP contribution in [0.15, 0.2) is 28.0 Å². The first-order valence-electron chi connectivity index (χ1n) is 7.25. The molecule has 1 saturated carbocycles. The van der Waals surface area contributed by atoms with Gasteiger partial charge in [-0.3, -0.25) is 0 Å². The number of nitrogens with zero attached hydrogens (tertiary/aromatic N) is 1. The van der Waals surface area contributed by atoms with Crippen molar-refractivity contribution < 1.29 is 4.42 Å². The number of aliphatic imine (C=N–C) groups is 1. The summed E-state index contributed by atoms with van der Waals surface area (Å²) in [5.74, 6) is 0.900. The maximum atomic E-state index is 5.05. The van der Waals surface area contributed by atoms with E-state index in [1.165, 1.54) is 25.7 Å². The standard InChI is InChI=1S/C15H25N3O.HI/c1-3-16-14(17-10-13-6-9-19-11-13)18-12-15(2)7-4-5-8-15;/h6,9,11H,3-5,7-8,10,12H2,1-2H3,(H2,16,17,18);1H. The third kappa shape index (κ3) is 5.34. The van der Waals surface area contributed by atoms with Gasteiger partial charge < -0.3 is 15.1 Å². The monoisotopic (exact) mass is 391 g/mol. The van der Waals surface area contributed by atoms with Gasteiger partial charge in [0.25, 0.3) is 0 Å². The highest BCUT2D eigenvalue weighted by Gasteiger charge is 2.28. The minimum atomic E-state index is 0. The maximum absolute atomic E-state index is 5.05. The smallest absolute Gasteiger partial charge is 0.191 e. The quantitative estimate of drug-likeness (QED) is 0.459. The molecule has 1 aromatic rings. The molecule has 0 amide bonds. The molecule has 0 aliphatic heterocycles. The summed E-state index contributed by atoms with van der Waals surface area (Å²) in [4.78, 5) is 4.58. The van der Waals surface area contributed by atoms with Crippen LogP contribution in [-0.2, 0) is 6.54 Å². The fourth-order valence-corrected chi connectivity index (χ4v) is 2.60. The van der Waals surface area contributed by atoms with E-state index in [-0.39, 0.29) is 24.0 Å². The Hall–Kier alpha value is -0.720. The molecular formula is C15H26IN3O. The second-order valence-corrected chi connectivity index (χ2v) is 5.70. The lowest BCUT2D eigenvalue weighted by Gasteiger charge is -2.25. The van der Waals surface area contributed by atoms with Crippen molar-refractivity contribution in [2.24, 2.45) is 10.4 Å². The summed E-state index contributed by atoms with van der Waals surface area (Å²) in [6.45, 7) is 7.00.